The molecule has 2 unspecified atom stereocenters. The summed E-state index contributed by atoms with van der Waals surface area (Å²) in [6, 6.07) is -0.457. The van der Waals surface area contributed by atoms with Gasteiger partial charge < -0.3 is 19.7 Å². The van der Waals surface area contributed by atoms with E-state index in [0.717, 1.165) is 19.5 Å². The van der Waals surface area contributed by atoms with E-state index in [4.69, 9.17) is 9.47 Å². The molecule has 22 heavy (non-hydrogen) atoms. The Morgan fingerprint density at radius 3 is 2.36 bits per heavy atom. The Morgan fingerprint density at radius 1 is 1.23 bits per heavy atom. The number of carbonyl (C=O) groups is 2. The number of hydrogen-bond donors (Lipinski definition) is 1. The molecule has 0 saturated carbocycles. The van der Waals surface area contributed by atoms with Crippen LogP contribution in [0.4, 0.5) is 0 Å². The second kappa shape index (κ2) is 8.48. The van der Waals surface area contributed by atoms with Crippen molar-refractivity contribution in [2.45, 2.75) is 71.2 Å². The summed E-state index contributed by atoms with van der Waals surface area (Å²) in [7, 11) is 1.36. The fourth-order valence-corrected chi connectivity index (χ4v) is 3.24. The summed E-state index contributed by atoms with van der Waals surface area (Å²) in [6.07, 6.45) is 2.50. The number of ether oxygens (including phenoxy) is 2. The second-order valence-corrected chi connectivity index (χ2v) is 5.15. The van der Waals surface area contributed by atoms with Gasteiger partial charge in [-0.2, -0.15) is 0 Å². The molecule has 2 atom stereocenters. The Balaban J connectivity index is 0.000000561. The third-order valence-electron chi connectivity index (χ3n) is 4.20. The van der Waals surface area contributed by atoms with E-state index in [1.165, 1.54) is 7.11 Å². The molecule has 6 heteroatoms. The molecule has 3 aliphatic rings. The third-order valence-corrected chi connectivity index (χ3v) is 4.20. The van der Waals surface area contributed by atoms with E-state index in [0.29, 0.717) is 19.3 Å². The summed E-state index contributed by atoms with van der Waals surface area (Å²) in [5.74, 6) is -0.359. The topological polar surface area (TPSA) is 67.9 Å². The maximum atomic E-state index is 12.6. The maximum Gasteiger partial charge on any atom is 0.328 e. The van der Waals surface area contributed by atoms with Crippen LogP contribution >= 0.6 is 0 Å². The lowest BCUT2D eigenvalue weighted by atomic mass is 9.91. The fraction of sp³-hybridized carbons (Fsp3) is 0.875. The van der Waals surface area contributed by atoms with Crippen molar-refractivity contribution >= 4 is 11.9 Å². The molecule has 0 aliphatic carbocycles. The van der Waals surface area contributed by atoms with Gasteiger partial charge in [0.05, 0.1) is 7.11 Å². The van der Waals surface area contributed by atoms with Crippen molar-refractivity contribution in [3.63, 3.8) is 0 Å². The quantitative estimate of drug-likeness (QED) is 0.746. The first-order chi connectivity index (χ1) is 10.7. The van der Waals surface area contributed by atoms with E-state index in [1.807, 2.05) is 27.7 Å². The van der Waals surface area contributed by atoms with Crippen LogP contribution in [-0.2, 0) is 19.1 Å². The van der Waals surface area contributed by atoms with Gasteiger partial charge in [0, 0.05) is 0 Å². The smallest absolute Gasteiger partial charge is 0.328 e. The van der Waals surface area contributed by atoms with E-state index in [2.05, 4.69) is 5.32 Å². The van der Waals surface area contributed by atoms with Crippen molar-refractivity contribution in [3.8, 4) is 0 Å². The van der Waals surface area contributed by atoms with Crippen molar-refractivity contribution in [2.24, 2.45) is 0 Å². The van der Waals surface area contributed by atoms with Crippen molar-refractivity contribution < 1.29 is 19.1 Å². The summed E-state index contributed by atoms with van der Waals surface area (Å²) < 4.78 is 10.7. The average molecular weight is 314 g/mol. The van der Waals surface area contributed by atoms with Crippen LogP contribution in [0, 0.1) is 0 Å². The predicted octanol–water partition coefficient (Wildman–Crippen LogP) is 1.68. The molecule has 3 saturated heterocycles. The number of rotatable bonds is 1. The Labute approximate surface area is 133 Å². The van der Waals surface area contributed by atoms with E-state index < -0.39 is 11.6 Å². The summed E-state index contributed by atoms with van der Waals surface area (Å²) >= 11 is 0. The highest BCUT2D eigenvalue weighted by atomic mass is 16.6. The highest BCUT2D eigenvalue weighted by molar-refractivity contribution is 5.92. The number of fused-ring (bicyclic) bond motifs is 1. The van der Waals surface area contributed by atoms with Crippen LogP contribution in [0.25, 0.3) is 0 Å². The lowest BCUT2D eigenvalue weighted by Crippen LogP contribution is -2.51. The average Bonchev–Trinajstić information content (AvgIpc) is 3.11. The lowest BCUT2D eigenvalue weighted by molar-refractivity contribution is -0.151. The van der Waals surface area contributed by atoms with Crippen molar-refractivity contribution in [2.75, 3.05) is 20.2 Å². The number of carbonyl (C=O) groups excluding carboxylic acids is 2. The maximum absolute atomic E-state index is 12.6. The summed E-state index contributed by atoms with van der Waals surface area (Å²) in [6.45, 7) is 9.57. The molecule has 1 amide bonds. The molecule has 6 nitrogen and oxygen atoms in total. The Hall–Kier alpha value is -1.14. The van der Waals surface area contributed by atoms with Gasteiger partial charge in [-0.15, -0.1) is 0 Å². The van der Waals surface area contributed by atoms with Crippen LogP contribution in [0.5, 0.6) is 0 Å². The van der Waals surface area contributed by atoms with Crippen molar-refractivity contribution in [1.82, 2.24) is 10.2 Å². The van der Waals surface area contributed by atoms with Crippen LogP contribution in [0.3, 0.4) is 0 Å². The number of nitrogens with zero attached hydrogens (tertiary/aromatic N) is 1. The second-order valence-electron chi connectivity index (χ2n) is 5.15. The number of hydrogen-bond acceptors (Lipinski definition) is 5. The number of piperidine rings is 1. The normalized spacial score (nSPS) is 28.2. The number of methoxy groups -OCH3 is 1. The Kier molecular flexibility index (Phi) is 7.29. The largest absolute Gasteiger partial charge is 0.467 e. The van der Waals surface area contributed by atoms with Gasteiger partial charge in [-0.1, -0.05) is 27.7 Å². The molecule has 0 aromatic carbocycles. The molecule has 0 aromatic heterocycles. The molecule has 3 heterocycles. The molecule has 3 rings (SSSR count). The molecule has 3 fully saturated rings. The molecule has 3 aliphatic heterocycles. The molecular formula is C16H30N2O4. The highest BCUT2D eigenvalue weighted by Gasteiger charge is 2.58. The zero-order chi connectivity index (χ0) is 16.8. The van der Waals surface area contributed by atoms with Gasteiger partial charge in [-0.25, -0.2) is 4.79 Å². The Morgan fingerprint density at radius 2 is 1.82 bits per heavy atom. The van der Waals surface area contributed by atoms with Crippen LogP contribution in [-0.4, -0.2) is 54.8 Å². The minimum absolute atomic E-state index is 0.0260. The first-order valence-corrected chi connectivity index (χ1v) is 8.47. The van der Waals surface area contributed by atoms with Gasteiger partial charge in [0.2, 0.25) is 0 Å². The van der Waals surface area contributed by atoms with Crippen molar-refractivity contribution in [1.29, 1.82) is 0 Å². The first-order valence-electron chi connectivity index (χ1n) is 8.47. The van der Waals surface area contributed by atoms with Crippen LogP contribution in [0.2, 0.25) is 0 Å². The highest BCUT2D eigenvalue weighted by Crippen LogP contribution is 2.41. The molecule has 1 N–H and O–H groups in total. The monoisotopic (exact) mass is 314 g/mol. The zero-order valence-corrected chi connectivity index (χ0v) is 14.5. The SMILES string of the molecule is CC.CC.COC(=O)C1CCC2OC3(CCNCC3)C(=O)N21. The van der Waals surface area contributed by atoms with Crippen LogP contribution in [0.15, 0.2) is 0 Å². The van der Waals surface area contributed by atoms with E-state index >= 15 is 0 Å². The zero-order valence-electron chi connectivity index (χ0n) is 14.5. The molecule has 0 aromatic rings. The third kappa shape index (κ3) is 3.27. The van der Waals surface area contributed by atoms with E-state index in [1.54, 1.807) is 4.90 Å². The number of esters is 1. The van der Waals surface area contributed by atoms with Gasteiger partial charge in [0.25, 0.3) is 5.91 Å². The molecule has 0 radical (unpaired) electrons. The van der Waals surface area contributed by atoms with Gasteiger partial charge >= 0.3 is 5.97 Å². The summed E-state index contributed by atoms with van der Waals surface area (Å²) in [4.78, 5) is 25.9. The summed E-state index contributed by atoms with van der Waals surface area (Å²) in [5.41, 5.74) is -0.692. The first kappa shape index (κ1) is 18.9. The van der Waals surface area contributed by atoms with Gasteiger partial charge in [0.15, 0.2) is 5.60 Å². The predicted molar refractivity (Wildman–Crippen MR) is 84.3 cm³/mol. The van der Waals surface area contributed by atoms with E-state index in [-0.39, 0.29) is 18.1 Å². The van der Waals surface area contributed by atoms with Gasteiger partial charge in [-0.05, 0) is 38.8 Å². The van der Waals surface area contributed by atoms with E-state index in [9.17, 15) is 9.59 Å². The molecular weight excluding hydrogens is 284 g/mol. The minimum atomic E-state index is -0.692. The lowest BCUT2D eigenvalue weighted by Gasteiger charge is -2.31. The van der Waals surface area contributed by atoms with Gasteiger partial charge in [0.1, 0.15) is 12.3 Å². The van der Waals surface area contributed by atoms with Crippen LogP contribution in [0.1, 0.15) is 53.4 Å². The fourth-order valence-electron chi connectivity index (χ4n) is 3.24. The van der Waals surface area contributed by atoms with Crippen molar-refractivity contribution in [3.05, 3.63) is 0 Å². The summed E-state index contributed by atoms with van der Waals surface area (Å²) in [5, 5.41) is 3.22. The van der Waals surface area contributed by atoms with Crippen LogP contribution < -0.4 is 5.32 Å². The molecule has 128 valence electrons. The Bertz CT molecular complexity index is 380. The number of amides is 1. The molecule has 1 spiro atoms. The standard InChI is InChI=1S/C12H18N2O4.2C2H6/c1-17-10(15)8-2-3-9-14(8)11(16)12(18-9)4-6-13-7-5-12;2*1-2/h8-9,13H,2-7H2,1H3;2*1-2H3. The minimum Gasteiger partial charge on any atom is -0.467 e. The van der Waals surface area contributed by atoms with Gasteiger partial charge in [-0.3, -0.25) is 4.79 Å². The molecule has 0 bridgehead atoms. The number of nitrogens with one attached hydrogen (secondary N) is 1.